The van der Waals surface area contributed by atoms with Gasteiger partial charge in [-0.05, 0) is 37.2 Å². The van der Waals surface area contributed by atoms with Gasteiger partial charge in [-0.3, -0.25) is 4.90 Å². The lowest BCUT2D eigenvalue weighted by molar-refractivity contribution is 0.160. The molecule has 0 saturated carbocycles. The Hall–Kier alpha value is -1.57. The van der Waals surface area contributed by atoms with E-state index < -0.39 is 0 Å². The summed E-state index contributed by atoms with van der Waals surface area (Å²) in [6.45, 7) is 2.92. The zero-order valence-corrected chi connectivity index (χ0v) is 14.7. The Labute approximate surface area is 144 Å². The molecule has 1 aliphatic heterocycles. The molecule has 1 aromatic carbocycles. The van der Waals surface area contributed by atoms with E-state index in [1.54, 1.807) is 6.33 Å². The first-order chi connectivity index (χ1) is 11.2. The Morgan fingerprint density at radius 2 is 2.04 bits per heavy atom. The Bertz CT molecular complexity index is 837. The maximum Gasteiger partial charge on any atom is 0.198 e. The van der Waals surface area contributed by atoms with Crippen molar-refractivity contribution in [1.29, 1.82) is 0 Å². The van der Waals surface area contributed by atoms with Gasteiger partial charge in [0.1, 0.15) is 6.33 Å². The highest BCUT2D eigenvalue weighted by Crippen LogP contribution is 2.33. The van der Waals surface area contributed by atoms with Gasteiger partial charge < -0.3 is 4.57 Å². The number of hydrogen-bond donors (Lipinski definition) is 0. The van der Waals surface area contributed by atoms with Crippen molar-refractivity contribution in [3.63, 3.8) is 0 Å². The third kappa shape index (κ3) is 2.96. The standard InChI is InChI=1S/C16H19N5S2/c1-19-10-17-21(16(19)22)11-20-8-6-12(7-9-20)15-18-13-4-2-3-5-14(13)23-15/h2-5,10,12H,6-9,11H2,1H3. The lowest BCUT2D eigenvalue weighted by Gasteiger charge is -2.30. The van der Waals surface area contributed by atoms with E-state index in [0.717, 1.165) is 42.9 Å². The van der Waals surface area contributed by atoms with Crippen molar-refractivity contribution < 1.29 is 0 Å². The second-order valence-corrected chi connectivity index (χ2v) is 7.50. The molecule has 0 spiro atoms. The van der Waals surface area contributed by atoms with Crippen LogP contribution in [0.25, 0.3) is 10.2 Å². The first-order valence-electron chi connectivity index (χ1n) is 7.87. The quantitative estimate of drug-likeness (QED) is 0.682. The number of hydrogen-bond acceptors (Lipinski definition) is 5. The SMILES string of the molecule is Cn1cnn(CN2CCC(c3nc4ccccc4s3)CC2)c1=S. The normalized spacial score (nSPS) is 17.1. The van der Waals surface area contributed by atoms with Crippen LogP contribution in [0.15, 0.2) is 30.6 Å². The van der Waals surface area contributed by atoms with Crippen LogP contribution in [0, 0.1) is 4.77 Å². The summed E-state index contributed by atoms with van der Waals surface area (Å²) in [5.41, 5.74) is 1.13. The molecule has 0 radical (unpaired) electrons. The molecule has 7 heteroatoms. The fourth-order valence-electron chi connectivity index (χ4n) is 3.09. The molecule has 0 atom stereocenters. The number of fused-ring (bicyclic) bond motifs is 1. The van der Waals surface area contributed by atoms with Crippen LogP contribution in [0.3, 0.4) is 0 Å². The van der Waals surface area contributed by atoms with Crippen molar-refractivity contribution >= 4 is 33.8 Å². The Balaban J connectivity index is 1.42. The van der Waals surface area contributed by atoms with Gasteiger partial charge in [0.25, 0.3) is 0 Å². The minimum Gasteiger partial charge on any atom is -0.310 e. The van der Waals surface area contributed by atoms with Gasteiger partial charge >= 0.3 is 0 Å². The average molecular weight is 345 g/mol. The van der Waals surface area contributed by atoms with E-state index in [-0.39, 0.29) is 0 Å². The van der Waals surface area contributed by atoms with Crippen molar-refractivity contribution in [1.82, 2.24) is 24.2 Å². The third-order valence-electron chi connectivity index (χ3n) is 4.47. The molecule has 0 amide bonds. The van der Waals surface area contributed by atoms with Crippen molar-refractivity contribution in [3.05, 3.63) is 40.4 Å². The smallest absolute Gasteiger partial charge is 0.198 e. The maximum absolute atomic E-state index is 5.36. The molecule has 1 saturated heterocycles. The van der Waals surface area contributed by atoms with Crippen LogP contribution in [0.2, 0.25) is 0 Å². The predicted molar refractivity (Wildman–Crippen MR) is 95.2 cm³/mol. The van der Waals surface area contributed by atoms with Crippen molar-refractivity contribution in [2.45, 2.75) is 25.4 Å². The summed E-state index contributed by atoms with van der Waals surface area (Å²) in [7, 11) is 1.94. The number of para-hydroxylation sites is 1. The maximum atomic E-state index is 5.36. The largest absolute Gasteiger partial charge is 0.310 e. The number of rotatable bonds is 3. The summed E-state index contributed by atoms with van der Waals surface area (Å²) in [6.07, 6.45) is 4.08. The molecule has 1 fully saturated rings. The van der Waals surface area contributed by atoms with Gasteiger partial charge in [0.15, 0.2) is 4.77 Å². The molecule has 0 N–H and O–H groups in total. The predicted octanol–water partition coefficient (Wildman–Crippen LogP) is 3.40. The Morgan fingerprint density at radius 1 is 1.26 bits per heavy atom. The van der Waals surface area contributed by atoms with Crippen molar-refractivity contribution in [3.8, 4) is 0 Å². The van der Waals surface area contributed by atoms with E-state index in [9.17, 15) is 0 Å². The van der Waals surface area contributed by atoms with Crippen LogP contribution < -0.4 is 0 Å². The fourth-order valence-corrected chi connectivity index (χ4v) is 4.38. The summed E-state index contributed by atoms with van der Waals surface area (Å²) in [5, 5.41) is 5.63. The highest BCUT2D eigenvalue weighted by molar-refractivity contribution is 7.71. The van der Waals surface area contributed by atoms with Gasteiger partial charge in [-0.25, -0.2) is 9.67 Å². The van der Waals surface area contributed by atoms with Crippen LogP contribution in [-0.2, 0) is 13.7 Å². The zero-order chi connectivity index (χ0) is 15.8. The Morgan fingerprint density at radius 3 is 2.74 bits per heavy atom. The number of nitrogens with zero attached hydrogens (tertiary/aromatic N) is 5. The van der Waals surface area contributed by atoms with Crippen LogP contribution in [0.1, 0.15) is 23.8 Å². The van der Waals surface area contributed by atoms with E-state index in [2.05, 4.69) is 34.3 Å². The number of benzene rings is 1. The van der Waals surface area contributed by atoms with Gasteiger partial charge in [-0.2, -0.15) is 5.10 Å². The Kier molecular flexibility index (Phi) is 4.00. The molecule has 120 valence electrons. The summed E-state index contributed by atoms with van der Waals surface area (Å²) >= 11 is 7.21. The molecule has 4 rings (SSSR count). The summed E-state index contributed by atoms with van der Waals surface area (Å²) in [6, 6.07) is 8.41. The molecule has 0 bridgehead atoms. The molecular formula is C16H19N5S2. The number of aromatic nitrogens is 4. The van der Waals surface area contributed by atoms with E-state index in [0.29, 0.717) is 5.92 Å². The van der Waals surface area contributed by atoms with E-state index in [1.165, 1.54) is 9.71 Å². The monoisotopic (exact) mass is 345 g/mol. The molecule has 3 aromatic rings. The summed E-state index contributed by atoms with van der Waals surface area (Å²) in [5.74, 6) is 0.584. The number of thiazole rings is 1. The van der Waals surface area contributed by atoms with E-state index in [4.69, 9.17) is 17.2 Å². The molecule has 23 heavy (non-hydrogen) atoms. The topological polar surface area (TPSA) is 38.9 Å². The molecule has 2 aromatic heterocycles. The van der Waals surface area contributed by atoms with Gasteiger partial charge in [-0.1, -0.05) is 12.1 Å². The van der Waals surface area contributed by atoms with Crippen LogP contribution in [0.4, 0.5) is 0 Å². The molecule has 3 heterocycles. The van der Waals surface area contributed by atoms with E-state index >= 15 is 0 Å². The second-order valence-electron chi connectivity index (χ2n) is 6.08. The first kappa shape index (κ1) is 15.0. The van der Waals surface area contributed by atoms with Crippen LogP contribution in [-0.4, -0.2) is 37.3 Å². The van der Waals surface area contributed by atoms with Gasteiger partial charge in [0.2, 0.25) is 0 Å². The zero-order valence-electron chi connectivity index (χ0n) is 13.1. The van der Waals surface area contributed by atoms with Gasteiger partial charge in [0.05, 0.1) is 21.9 Å². The third-order valence-corrected chi connectivity index (χ3v) is 6.17. The van der Waals surface area contributed by atoms with Crippen LogP contribution in [0.5, 0.6) is 0 Å². The lowest BCUT2D eigenvalue weighted by atomic mass is 9.98. The molecule has 5 nitrogen and oxygen atoms in total. The highest BCUT2D eigenvalue weighted by atomic mass is 32.1. The molecule has 0 aliphatic carbocycles. The number of piperidine rings is 1. The molecular weight excluding hydrogens is 326 g/mol. The molecule has 1 aliphatic rings. The average Bonchev–Trinajstić information content (AvgIpc) is 3.14. The minimum absolute atomic E-state index is 0.584. The van der Waals surface area contributed by atoms with Crippen LogP contribution >= 0.6 is 23.6 Å². The second kappa shape index (κ2) is 6.14. The fraction of sp³-hybridized carbons (Fsp3) is 0.438. The number of likely N-dealkylation sites (tertiary alicyclic amines) is 1. The van der Waals surface area contributed by atoms with E-state index in [1.807, 2.05) is 27.6 Å². The lowest BCUT2D eigenvalue weighted by Crippen LogP contribution is -2.34. The minimum atomic E-state index is 0.584. The first-order valence-corrected chi connectivity index (χ1v) is 9.09. The van der Waals surface area contributed by atoms with Crippen molar-refractivity contribution in [2.75, 3.05) is 13.1 Å². The van der Waals surface area contributed by atoms with Gasteiger partial charge in [-0.15, -0.1) is 11.3 Å². The van der Waals surface area contributed by atoms with Crippen molar-refractivity contribution in [2.24, 2.45) is 7.05 Å². The summed E-state index contributed by atoms with van der Waals surface area (Å²) in [4.78, 5) is 7.25. The molecule has 0 unspecified atom stereocenters. The van der Waals surface area contributed by atoms with Gasteiger partial charge in [0, 0.05) is 26.1 Å². The highest BCUT2D eigenvalue weighted by Gasteiger charge is 2.23. The number of aryl methyl sites for hydroxylation is 1. The summed E-state index contributed by atoms with van der Waals surface area (Å²) < 4.78 is 5.85.